The Morgan fingerprint density at radius 2 is 1.80 bits per heavy atom. The van der Waals surface area contributed by atoms with Gasteiger partial charge in [0.05, 0.1) is 22.7 Å². The van der Waals surface area contributed by atoms with Crippen LogP contribution in [0.25, 0.3) is 0 Å². The summed E-state index contributed by atoms with van der Waals surface area (Å²) in [6.07, 6.45) is 5.00. The van der Waals surface area contributed by atoms with E-state index in [0.29, 0.717) is 32.1 Å². The van der Waals surface area contributed by atoms with E-state index in [1.165, 1.54) is 0 Å². The summed E-state index contributed by atoms with van der Waals surface area (Å²) in [6, 6.07) is 0. The number of cyclic esters (lactones) is 1. The number of carboxylic acid groups (broad SMARTS) is 1. The second-order valence-corrected chi connectivity index (χ2v) is 10.8. The lowest BCUT2D eigenvalue weighted by Crippen LogP contribution is -2.70. The van der Waals surface area contributed by atoms with E-state index >= 15 is 0 Å². The predicted octanol–water partition coefficient (Wildman–Crippen LogP) is 1.78. The lowest BCUT2D eigenvalue weighted by Gasteiger charge is -2.65. The first-order valence-electron chi connectivity index (χ1n) is 11.3. The Balaban J connectivity index is 1.54. The molecule has 0 spiro atoms. The molecule has 0 bridgehead atoms. The van der Waals surface area contributed by atoms with Crippen molar-refractivity contribution in [1.82, 2.24) is 0 Å². The van der Waals surface area contributed by atoms with Crippen LogP contribution in [0.2, 0.25) is 0 Å². The number of carboxylic acids is 1. The number of aliphatic hydroxyl groups excluding tert-OH is 1. The average molecular weight is 421 g/mol. The largest absolute Gasteiger partial charge is 0.481 e. The van der Waals surface area contributed by atoms with Gasteiger partial charge < -0.3 is 25.2 Å². The van der Waals surface area contributed by atoms with Crippen LogP contribution >= 0.6 is 0 Å². The molecule has 0 amide bonds. The summed E-state index contributed by atoms with van der Waals surface area (Å²) in [7, 11) is 0. The van der Waals surface area contributed by atoms with Gasteiger partial charge in [-0.3, -0.25) is 4.79 Å². The highest BCUT2D eigenvalue weighted by molar-refractivity contribution is 5.85. The first-order chi connectivity index (χ1) is 14.1. The van der Waals surface area contributed by atoms with Gasteiger partial charge in [0.25, 0.3) is 0 Å². The van der Waals surface area contributed by atoms with Gasteiger partial charge in [-0.05, 0) is 74.7 Å². The molecule has 7 nitrogen and oxygen atoms in total. The van der Waals surface area contributed by atoms with Gasteiger partial charge in [0, 0.05) is 17.9 Å². The van der Waals surface area contributed by atoms with Crippen LogP contribution in [0.4, 0.5) is 0 Å². The van der Waals surface area contributed by atoms with Crippen molar-refractivity contribution in [3.8, 4) is 0 Å². The number of fused-ring (bicyclic) bond motifs is 5. The number of hydrogen-bond donors (Lipinski definition) is 4. The van der Waals surface area contributed by atoms with Crippen molar-refractivity contribution in [2.24, 2.45) is 28.6 Å². The molecule has 0 aromatic carbocycles. The van der Waals surface area contributed by atoms with Crippen molar-refractivity contribution >= 4 is 11.9 Å². The van der Waals surface area contributed by atoms with E-state index in [1.54, 1.807) is 6.08 Å². The molecule has 0 aromatic rings. The van der Waals surface area contributed by atoms with E-state index in [2.05, 4.69) is 6.92 Å². The molecule has 8 atom stereocenters. The van der Waals surface area contributed by atoms with Gasteiger partial charge in [-0.1, -0.05) is 6.92 Å². The van der Waals surface area contributed by atoms with Gasteiger partial charge >= 0.3 is 11.9 Å². The van der Waals surface area contributed by atoms with Crippen LogP contribution in [0.1, 0.15) is 64.7 Å². The Hall–Kier alpha value is -1.44. The lowest BCUT2D eigenvalue weighted by molar-refractivity contribution is -0.260. The number of rotatable bonds is 2. The van der Waals surface area contributed by atoms with E-state index in [0.717, 1.165) is 12.0 Å². The number of carbonyl (C=O) groups excluding carboxylic acids is 1. The maximum Gasteiger partial charge on any atom is 0.331 e. The monoisotopic (exact) mass is 420 g/mol. The van der Waals surface area contributed by atoms with Crippen molar-refractivity contribution in [3.63, 3.8) is 0 Å². The van der Waals surface area contributed by atoms with E-state index in [-0.39, 0.29) is 49.6 Å². The zero-order chi connectivity index (χ0) is 21.5. The summed E-state index contributed by atoms with van der Waals surface area (Å²) >= 11 is 0. The van der Waals surface area contributed by atoms with Gasteiger partial charge in [-0.25, -0.2) is 4.79 Å². The third-order valence-electron chi connectivity index (χ3n) is 9.94. The summed E-state index contributed by atoms with van der Waals surface area (Å²) in [6.45, 7) is 2.36. The third kappa shape index (κ3) is 2.32. The Bertz CT molecular complexity index is 822. The van der Waals surface area contributed by atoms with Crippen molar-refractivity contribution in [2.75, 3.05) is 6.61 Å². The quantitative estimate of drug-likeness (QED) is 0.502. The van der Waals surface area contributed by atoms with Crippen molar-refractivity contribution in [3.05, 3.63) is 11.6 Å². The molecule has 4 fully saturated rings. The maximum atomic E-state index is 12.7. The molecule has 1 heterocycles. The van der Waals surface area contributed by atoms with Gasteiger partial charge in [0.2, 0.25) is 0 Å². The summed E-state index contributed by atoms with van der Waals surface area (Å²) in [5.41, 5.74) is -3.30. The Kier molecular flexibility index (Phi) is 4.30. The second kappa shape index (κ2) is 6.30. The number of hydrogen-bond acceptors (Lipinski definition) is 6. The van der Waals surface area contributed by atoms with Gasteiger partial charge in [0.15, 0.2) is 0 Å². The zero-order valence-electron chi connectivity index (χ0n) is 17.5. The first kappa shape index (κ1) is 20.5. The van der Waals surface area contributed by atoms with Crippen molar-refractivity contribution in [2.45, 2.75) is 82.0 Å². The molecule has 0 saturated heterocycles. The zero-order valence-corrected chi connectivity index (χ0v) is 17.5. The lowest BCUT2D eigenvalue weighted by atomic mass is 9.41. The molecule has 0 unspecified atom stereocenters. The van der Waals surface area contributed by atoms with Crippen LogP contribution in [0.3, 0.4) is 0 Å². The molecule has 4 saturated carbocycles. The fraction of sp³-hybridized carbons (Fsp3) is 0.826. The number of aliphatic carboxylic acids is 1. The molecule has 4 aliphatic carbocycles. The minimum Gasteiger partial charge on any atom is -0.481 e. The van der Waals surface area contributed by atoms with Gasteiger partial charge in [-0.2, -0.15) is 0 Å². The van der Waals surface area contributed by atoms with Crippen LogP contribution in [0.5, 0.6) is 0 Å². The van der Waals surface area contributed by atoms with Crippen LogP contribution in [0, 0.1) is 28.6 Å². The summed E-state index contributed by atoms with van der Waals surface area (Å²) in [5.74, 6) is -1.82. The van der Waals surface area contributed by atoms with E-state index in [4.69, 9.17) is 4.74 Å². The molecule has 0 radical (unpaired) electrons. The summed E-state index contributed by atoms with van der Waals surface area (Å²) in [5, 5.41) is 44.1. The van der Waals surface area contributed by atoms with Crippen LogP contribution in [-0.2, 0) is 14.3 Å². The van der Waals surface area contributed by atoms with E-state index < -0.39 is 34.1 Å². The second-order valence-electron chi connectivity index (χ2n) is 10.8. The summed E-state index contributed by atoms with van der Waals surface area (Å²) < 4.78 is 5.14. The number of ether oxygens (including phenoxy) is 1. The Morgan fingerprint density at radius 1 is 1.07 bits per heavy atom. The highest BCUT2D eigenvalue weighted by atomic mass is 16.5. The normalized spacial score (nSPS) is 52.7. The Morgan fingerprint density at radius 3 is 2.47 bits per heavy atom. The maximum absolute atomic E-state index is 12.7. The number of carbonyl (C=O) groups is 2. The standard InChI is InChI=1S/C23H32O7/c1-20-6-3-16-17(23(20,29)9-5-15(20)13-10-18(25)30-12-13)4-7-21(28)11-14(24)2-8-22(16,21)19(26)27/h10,14-17,24,28-29H,2-9,11-12H2,1H3,(H,26,27)/t14-,15-,16-,17-,20+,21-,22+,23+/m0/s1. The van der Waals surface area contributed by atoms with Crippen LogP contribution in [0.15, 0.2) is 11.6 Å². The molecular formula is C23H32O7. The highest BCUT2D eigenvalue weighted by Crippen LogP contribution is 2.70. The molecular weight excluding hydrogens is 388 g/mol. The third-order valence-corrected chi connectivity index (χ3v) is 9.94. The topological polar surface area (TPSA) is 124 Å². The average Bonchev–Trinajstić information content (AvgIpc) is 3.21. The van der Waals surface area contributed by atoms with Gasteiger partial charge in [-0.15, -0.1) is 0 Å². The summed E-state index contributed by atoms with van der Waals surface area (Å²) in [4.78, 5) is 24.3. The SMILES string of the molecule is C[C@]12CC[C@H]3[C@H](CC[C@]4(O)C[C@@H](O)CC[C@]34C(=O)O)[C@]1(O)CC[C@H]2C1=CC(=O)OC1. The smallest absolute Gasteiger partial charge is 0.331 e. The molecule has 0 aromatic heterocycles. The van der Waals surface area contributed by atoms with Gasteiger partial charge in [0.1, 0.15) is 6.61 Å². The molecule has 5 aliphatic rings. The molecule has 1 aliphatic heterocycles. The molecule has 4 N–H and O–H groups in total. The van der Waals surface area contributed by atoms with E-state index in [1.807, 2.05) is 0 Å². The fourth-order valence-electron chi connectivity index (χ4n) is 8.49. The predicted molar refractivity (Wildman–Crippen MR) is 105 cm³/mol. The van der Waals surface area contributed by atoms with E-state index in [9.17, 15) is 30.0 Å². The molecule has 5 rings (SSSR count). The first-order valence-corrected chi connectivity index (χ1v) is 11.3. The number of aliphatic hydroxyl groups is 3. The Labute approximate surface area is 176 Å². The van der Waals surface area contributed by atoms with Crippen LogP contribution < -0.4 is 0 Å². The number of esters is 1. The minimum atomic E-state index is -1.44. The van der Waals surface area contributed by atoms with Crippen molar-refractivity contribution in [1.29, 1.82) is 0 Å². The fourth-order valence-corrected chi connectivity index (χ4v) is 8.49. The van der Waals surface area contributed by atoms with Crippen molar-refractivity contribution < 1.29 is 34.8 Å². The molecule has 166 valence electrons. The minimum absolute atomic E-state index is 0.0460. The highest BCUT2D eigenvalue weighted by Gasteiger charge is 2.73. The van der Waals surface area contributed by atoms with Crippen LogP contribution in [-0.4, -0.2) is 56.3 Å². The molecule has 7 heteroatoms. The molecule has 30 heavy (non-hydrogen) atoms.